The van der Waals surface area contributed by atoms with Crippen LogP contribution in [0.4, 0.5) is 15.9 Å². The summed E-state index contributed by atoms with van der Waals surface area (Å²) >= 11 is 0. The third-order valence-corrected chi connectivity index (χ3v) is 2.90. The standard InChI is InChI=1S/C14H11FN2O2/c1-8-6-9-7-19-14(18)12(9)13(16-8)17-11-4-2-10(15)3-5-11/h2-6H,7H2,1H3,(H,16,17). The average Bonchev–Trinajstić information content (AvgIpc) is 2.74. The fraction of sp³-hybridized carbons (Fsp3) is 0.143. The Hall–Kier alpha value is -2.43. The first-order valence-corrected chi connectivity index (χ1v) is 5.84. The van der Waals surface area contributed by atoms with Crippen molar-refractivity contribution in [2.45, 2.75) is 13.5 Å². The van der Waals surface area contributed by atoms with Crippen molar-refractivity contribution in [2.24, 2.45) is 0 Å². The SMILES string of the molecule is Cc1cc2c(c(Nc3ccc(F)cc3)n1)C(=O)OC2. The van der Waals surface area contributed by atoms with Crippen molar-refractivity contribution in [3.8, 4) is 0 Å². The molecule has 1 aromatic heterocycles. The molecule has 5 heteroatoms. The van der Waals surface area contributed by atoms with Gasteiger partial charge in [-0.15, -0.1) is 0 Å². The van der Waals surface area contributed by atoms with Gasteiger partial charge in [-0.05, 0) is 37.3 Å². The molecule has 2 heterocycles. The first-order valence-electron chi connectivity index (χ1n) is 5.84. The lowest BCUT2D eigenvalue weighted by Crippen LogP contribution is -2.04. The first kappa shape index (κ1) is 11.6. The van der Waals surface area contributed by atoms with Gasteiger partial charge in [-0.1, -0.05) is 0 Å². The molecule has 96 valence electrons. The molecule has 2 aromatic rings. The van der Waals surface area contributed by atoms with Crippen molar-refractivity contribution >= 4 is 17.5 Å². The van der Waals surface area contributed by atoms with E-state index in [1.54, 1.807) is 12.1 Å². The fourth-order valence-electron chi connectivity index (χ4n) is 2.06. The molecule has 0 unspecified atom stereocenters. The third-order valence-electron chi connectivity index (χ3n) is 2.90. The molecule has 4 nitrogen and oxygen atoms in total. The summed E-state index contributed by atoms with van der Waals surface area (Å²) in [7, 11) is 0. The number of fused-ring (bicyclic) bond motifs is 1. The lowest BCUT2D eigenvalue weighted by Gasteiger charge is -2.09. The van der Waals surface area contributed by atoms with E-state index >= 15 is 0 Å². The second-order valence-electron chi connectivity index (χ2n) is 4.35. The third kappa shape index (κ3) is 2.14. The number of nitrogens with one attached hydrogen (secondary N) is 1. The van der Waals surface area contributed by atoms with Crippen LogP contribution in [0.2, 0.25) is 0 Å². The summed E-state index contributed by atoms with van der Waals surface area (Å²) in [5.74, 6) is -0.247. The number of aromatic nitrogens is 1. The summed E-state index contributed by atoms with van der Waals surface area (Å²) in [6.45, 7) is 2.12. The van der Waals surface area contributed by atoms with E-state index in [2.05, 4.69) is 10.3 Å². The zero-order chi connectivity index (χ0) is 13.4. The Balaban J connectivity index is 2.01. The Bertz CT molecular complexity index is 653. The number of hydrogen-bond acceptors (Lipinski definition) is 4. The number of ether oxygens (including phenoxy) is 1. The van der Waals surface area contributed by atoms with Gasteiger partial charge in [-0.2, -0.15) is 0 Å². The van der Waals surface area contributed by atoms with Gasteiger partial charge in [-0.3, -0.25) is 0 Å². The maximum absolute atomic E-state index is 12.9. The number of esters is 1. The van der Waals surface area contributed by atoms with E-state index in [0.29, 0.717) is 17.1 Å². The van der Waals surface area contributed by atoms with Crippen molar-refractivity contribution in [1.29, 1.82) is 0 Å². The number of pyridine rings is 1. The van der Waals surface area contributed by atoms with Gasteiger partial charge in [0.05, 0.1) is 0 Å². The Morgan fingerprint density at radius 3 is 2.79 bits per heavy atom. The molecule has 0 fully saturated rings. The molecule has 0 saturated heterocycles. The van der Waals surface area contributed by atoms with Gasteiger partial charge < -0.3 is 10.1 Å². The molecule has 0 atom stereocenters. The topological polar surface area (TPSA) is 51.2 Å². The number of benzene rings is 1. The Kier molecular flexibility index (Phi) is 2.67. The van der Waals surface area contributed by atoms with Crippen molar-refractivity contribution in [3.05, 3.63) is 53.0 Å². The van der Waals surface area contributed by atoms with Crippen LogP contribution in [0.1, 0.15) is 21.6 Å². The molecule has 1 aromatic carbocycles. The molecule has 1 aliphatic rings. The molecule has 0 amide bonds. The van der Waals surface area contributed by atoms with Gasteiger partial charge >= 0.3 is 5.97 Å². The molecule has 0 saturated carbocycles. The van der Waals surface area contributed by atoms with Gasteiger partial charge in [0.15, 0.2) is 0 Å². The van der Waals surface area contributed by atoms with Crippen LogP contribution in [-0.2, 0) is 11.3 Å². The van der Waals surface area contributed by atoms with Gasteiger partial charge in [0.2, 0.25) is 0 Å². The predicted molar refractivity (Wildman–Crippen MR) is 67.8 cm³/mol. The van der Waals surface area contributed by atoms with Crippen LogP contribution in [0.15, 0.2) is 30.3 Å². The number of nitrogens with zero attached hydrogens (tertiary/aromatic N) is 1. The van der Waals surface area contributed by atoms with Crippen LogP contribution in [-0.4, -0.2) is 11.0 Å². The number of halogens is 1. The minimum absolute atomic E-state index is 0.273. The van der Waals surface area contributed by atoms with Gasteiger partial charge in [0.25, 0.3) is 0 Å². The Morgan fingerprint density at radius 2 is 2.05 bits per heavy atom. The first-order chi connectivity index (χ1) is 9.13. The van der Waals surface area contributed by atoms with E-state index in [4.69, 9.17) is 4.74 Å². The lowest BCUT2D eigenvalue weighted by atomic mass is 10.1. The number of carbonyl (C=O) groups excluding carboxylic acids is 1. The van der Waals surface area contributed by atoms with Crippen LogP contribution >= 0.6 is 0 Å². The lowest BCUT2D eigenvalue weighted by molar-refractivity contribution is 0.0535. The summed E-state index contributed by atoms with van der Waals surface area (Å²) in [6, 6.07) is 7.70. The van der Waals surface area contributed by atoms with Crippen LogP contribution < -0.4 is 5.32 Å². The Labute approximate surface area is 109 Å². The van der Waals surface area contributed by atoms with E-state index in [1.807, 2.05) is 13.0 Å². The van der Waals surface area contributed by atoms with E-state index in [9.17, 15) is 9.18 Å². The average molecular weight is 258 g/mol. The molecule has 0 spiro atoms. The van der Waals surface area contributed by atoms with Crippen LogP contribution in [0, 0.1) is 12.7 Å². The number of cyclic esters (lactones) is 1. The summed E-state index contributed by atoms with van der Waals surface area (Å²) in [5.41, 5.74) is 2.74. The number of hydrogen-bond donors (Lipinski definition) is 1. The molecule has 0 radical (unpaired) electrons. The normalized spacial score (nSPS) is 13.1. The molecule has 1 aliphatic heterocycles. The highest BCUT2D eigenvalue weighted by Gasteiger charge is 2.26. The van der Waals surface area contributed by atoms with Gasteiger partial charge in [0.1, 0.15) is 23.8 Å². The summed E-state index contributed by atoms with van der Waals surface area (Å²) in [5, 5.41) is 3.02. The molecule has 19 heavy (non-hydrogen) atoms. The minimum atomic E-state index is -0.382. The van der Waals surface area contributed by atoms with Crippen molar-refractivity contribution in [2.75, 3.05) is 5.32 Å². The number of aryl methyl sites for hydroxylation is 1. The predicted octanol–water partition coefficient (Wildman–Crippen LogP) is 2.94. The second kappa shape index (κ2) is 4.35. The highest BCUT2D eigenvalue weighted by Crippen LogP contribution is 2.28. The largest absolute Gasteiger partial charge is 0.457 e. The smallest absolute Gasteiger partial charge is 0.342 e. The molecule has 3 rings (SSSR count). The number of anilines is 2. The van der Waals surface area contributed by atoms with E-state index in [1.165, 1.54) is 12.1 Å². The summed E-state index contributed by atoms with van der Waals surface area (Å²) in [4.78, 5) is 16.0. The highest BCUT2D eigenvalue weighted by molar-refractivity contribution is 5.99. The van der Waals surface area contributed by atoms with Gasteiger partial charge in [-0.25, -0.2) is 14.2 Å². The minimum Gasteiger partial charge on any atom is -0.457 e. The molecule has 0 aliphatic carbocycles. The van der Waals surface area contributed by atoms with Crippen molar-refractivity contribution in [1.82, 2.24) is 4.98 Å². The summed E-state index contributed by atoms with van der Waals surface area (Å²) in [6.07, 6.45) is 0. The fourth-order valence-corrected chi connectivity index (χ4v) is 2.06. The van der Waals surface area contributed by atoms with Crippen LogP contribution in [0.25, 0.3) is 0 Å². The zero-order valence-corrected chi connectivity index (χ0v) is 10.2. The molecule has 0 bridgehead atoms. The monoisotopic (exact) mass is 258 g/mol. The molecular weight excluding hydrogens is 247 g/mol. The van der Waals surface area contributed by atoms with E-state index in [-0.39, 0.29) is 18.4 Å². The second-order valence-corrected chi connectivity index (χ2v) is 4.35. The number of rotatable bonds is 2. The maximum atomic E-state index is 12.9. The van der Waals surface area contributed by atoms with E-state index < -0.39 is 0 Å². The number of carbonyl (C=O) groups is 1. The summed E-state index contributed by atoms with van der Waals surface area (Å²) < 4.78 is 17.9. The van der Waals surface area contributed by atoms with Crippen molar-refractivity contribution in [3.63, 3.8) is 0 Å². The maximum Gasteiger partial charge on any atom is 0.342 e. The van der Waals surface area contributed by atoms with Crippen molar-refractivity contribution < 1.29 is 13.9 Å². The quantitative estimate of drug-likeness (QED) is 0.841. The zero-order valence-electron chi connectivity index (χ0n) is 10.2. The highest BCUT2D eigenvalue weighted by atomic mass is 19.1. The van der Waals surface area contributed by atoms with E-state index in [0.717, 1.165) is 11.3 Å². The molecule has 1 N–H and O–H groups in total. The molecular formula is C14H11FN2O2. The van der Waals surface area contributed by atoms with Crippen LogP contribution in [0.5, 0.6) is 0 Å². The van der Waals surface area contributed by atoms with Gasteiger partial charge in [0, 0.05) is 16.9 Å². The van der Waals surface area contributed by atoms with Crippen LogP contribution in [0.3, 0.4) is 0 Å². The Morgan fingerprint density at radius 1 is 1.32 bits per heavy atom.